The minimum atomic E-state index is -1.03. The molecule has 4 nitrogen and oxygen atoms in total. The molecule has 1 amide bonds. The van der Waals surface area contributed by atoms with Gasteiger partial charge in [-0.25, -0.2) is 4.79 Å². The van der Waals surface area contributed by atoms with Gasteiger partial charge < -0.3 is 10.4 Å². The van der Waals surface area contributed by atoms with Crippen molar-refractivity contribution < 1.29 is 14.7 Å². The summed E-state index contributed by atoms with van der Waals surface area (Å²) in [6, 6.07) is 4.71. The highest BCUT2D eigenvalue weighted by Crippen LogP contribution is 2.23. The summed E-state index contributed by atoms with van der Waals surface area (Å²) in [5.41, 5.74) is 0.517. The summed E-state index contributed by atoms with van der Waals surface area (Å²) in [5.74, 6) is -1.16. The van der Waals surface area contributed by atoms with Crippen LogP contribution in [0.4, 0.5) is 5.69 Å². The summed E-state index contributed by atoms with van der Waals surface area (Å²) >= 11 is 3.15. The van der Waals surface area contributed by atoms with Crippen LogP contribution in [0.2, 0.25) is 0 Å². The third-order valence-corrected chi connectivity index (χ3v) is 2.86. The molecule has 0 heterocycles. The topological polar surface area (TPSA) is 66.4 Å². The van der Waals surface area contributed by atoms with Crippen molar-refractivity contribution in [3.63, 3.8) is 0 Å². The smallest absolute Gasteiger partial charge is 0.336 e. The zero-order valence-corrected chi connectivity index (χ0v) is 12.2. The van der Waals surface area contributed by atoms with Gasteiger partial charge in [-0.3, -0.25) is 4.79 Å². The van der Waals surface area contributed by atoms with E-state index in [2.05, 4.69) is 21.2 Å². The number of halogens is 1. The van der Waals surface area contributed by atoms with E-state index in [1.54, 1.807) is 12.1 Å². The molecule has 0 aromatic heterocycles. The number of carbonyl (C=O) groups is 2. The zero-order valence-electron chi connectivity index (χ0n) is 10.6. The fourth-order valence-electron chi connectivity index (χ4n) is 1.45. The van der Waals surface area contributed by atoms with Crippen LogP contribution in [0.5, 0.6) is 0 Å². The van der Waals surface area contributed by atoms with Crippen LogP contribution in [-0.2, 0) is 4.79 Å². The molecule has 0 aliphatic heterocycles. The third-order valence-electron chi connectivity index (χ3n) is 2.17. The van der Waals surface area contributed by atoms with Crippen molar-refractivity contribution in [3.05, 3.63) is 28.2 Å². The molecule has 0 fully saturated rings. The van der Waals surface area contributed by atoms with Crippen LogP contribution >= 0.6 is 15.9 Å². The Morgan fingerprint density at radius 2 is 1.94 bits per heavy atom. The van der Waals surface area contributed by atoms with Crippen LogP contribution in [0, 0.1) is 5.41 Å². The van der Waals surface area contributed by atoms with Crippen LogP contribution < -0.4 is 5.32 Å². The summed E-state index contributed by atoms with van der Waals surface area (Å²) in [7, 11) is 0. The Labute approximate surface area is 115 Å². The largest absolute Gasteiger partial charge is 0.478 e. The van der Waals surface area contributed by atoms with E-state index in [4.69, 9.17) is 5.11 Å². The second-order valence-corrected chi connectivity index (χ2v) is 6.14. The maximum Gasteiger partial charge on any atom is 0.336 e. The van der Waals surface area contributed by atoms with Crippen LogP contribution in [0.1, 0.15) is 37.6 Å². The van der Waals surface area contributed by atoms with Gasteiger partial charge >= 0.3 is 5.97 Å². The molecule has 0 atom stereocenters. The van der Waals surface area contributed by atoms with Crippen molar-refractivity contribution in [2.24, 2.45) is 5.41 Å². The van der Waals surface area contributed by atoms with Gasteiger partial charge in [0.2, 0.25) is 5.91 Å². The number of carbonyl (C=O) groups excluding carboxylic acids is 1. The minimum Gasteiger partial charge on any atom is -0.478 e. The molecule has 1 aromatic rings. The van der Waals surface area contributed by atoms with Crippen molar-refractivity contribution in [1.82, 2.24) is 0 Å². The first-order valence-corrected chi connectivity index (χ1v) is 6.31. The SMILES string of the molecule is CC(C)(C)CC(=O)Nc1ccc(Br)c(C(=O)O)c1. The van der Waals surface area contributed by atoms with Crippen molar-refractivity contribution in [2.45, 2.75) is 27.2 Å². The fraction of sp³-hybridized carbons (Fsp3) is 0.385. The van der Waals surface area contributed by atoms with Gasteiger partial charge in [-0.2, -0.15) is 0 Å². The molecule has 18 heavy (non-hydrogen) atoms. The average molecular weight is 314 g/mol. The van der Waals surface area contributed by atoms with Crippen LogP contribution in [0.25, 0.3) is 0 Å². The summed E-state index contributed by atoms with van der Waals surface area (Å²) in [4.78, 5) is 22.7. The van der Waals surface area contributed by atoms with E-state index < -0.39 is 5.97 Å². The van der Waals surface area contributed by atoms with Gasteiger partial charge in [0.1, 0.15) is 0 Å². The molecule has 5 heteroatoms. The highest BCUT2D eigenvalue weighted by atomic mass is 79.9. The van der Waals surface area contributed by atoms with Crippen LogP contribution in [-0.4, -0.2) is 17.0 Å². The second kappa shape index (κ2) is 5.52. The van der Waals surface area contributed by atoms with Crippen molar-refractivity contribution in [1.29, 1.82) is 0 Å². The van der Waals surface area contributed by atoms with Gasteiger partial charge in [-0.05, 0) is 39.5 Å². The molecule has 0 unspecified atom stereocenters. The average Bonchev–Trinajstić information content (AvgIpc) is 2.17. The minimum absolute atomic E-state index is 0.102. The number of nitrogens with one attached hydrogen (secondary N) is 1. The van der Waals surface area contributed by atoms with Gasteiger partial charge in [0.25, 0.3) is 0 Å². The van der Waals surface area contributed by atoms with Crippen LogP contribution in [0.3, 0.4) is 0 Å². The maximum atomic E-state index is 11.7. The number of rotatable bonds is 3. The molecule has 0 bridgehead atoms. The van der Waals surface area contributed by atoms with Gasteiger partial charge in [0, 0.05) is 16.6 Å². The maximum absolute atomic E-state index is 11.7. The first kappa shape index (κ1) is 14.7. The van der Waals surface area contributed by atoms with Crippen molar-refractivity contribution in [3.8, 4) is 0 Å². The number of amides is 1. The Kier molecular flexibility index (Phi) is 4.51. The number of hydrogen-bond donors (Lipinski definition) is 2. The summed E-state index contributed by atoms with van der Waals surface area (Å²) in [5, 5.41) is 11.7. The number of carboxylic acid groups (broad SMARTS) is 1. The summed E-state index contributed by atoms with van der Waals surface area (Å²) < 4.78 is 0.490. The molecule has 0 radical (unpaired) electrons. The number of carboxylic acids is 1. The zero-order chi connectivity index (χ0) is 13.9. The lowest BCUT2D eigenvalue weighted by atomic mass is 9.92. The van der Waals surface area contributed by atoms with Gasteiger partial charge in [-0.15, -0.1) is 0 Å². The Morgan fingerprint density at radius 1 is 1.33 bits per heavy atom. The Bertz CT molecular complexity index is 478. The van der Waals surface area contributed by atoms with Gasteiger partial charge in [-0.1, -0.05) is 20.8 Å². The van der Waals surface area contributed by atoms with E-state index in [0.29, 0.717) is 16.6 Å². The standard InChI is InChI=1S/C13H16BrNO3/c1-13(2,3)7-11(16)15-8-4-5-10(14)9(6-8)12(17)18/h4-6H,7H2,1-3H3,(H,15,16)(H,17,18). The molecule has 98 valence electrons. The lowest BCUT2D eigenvalue weighted by Crippen LogP contribution is -2.19. The Hall–Kier alpha value is -1.36. The van der Waals surface area contributed by atoms with E-state index in [-0.39, 0.29) is 16.9 Å². The predicted octanol–water partition coefficient (Wildman–Crippen LogP) is 3.52. The van der Waals surface area contributed by atoms with Gasteiger partial charge in [0.05, 0.1) is 5.56 Å². The van der Waals surface area contributed by atoms with E-state index in [9.17, 15) is 9.59 Å². The van der Waals surface area contributed by atoms with E-state index in [0.717, 1.165) is 0 Å². The predicted molar refractivity (Wildman–Crippen MR) is 73.8 cm³/mol. The van der Waals surface area contributed by atoms with Crippen molar-refractivity contribution in [2.75, 3.05) is 5.32 Å². The molecule has 0 spiro atoms. The molecule has 1 aromatic carbocycles. The molecule has 2 N–H and O–H groups in total. The molecule has 0 aliphatic carbocycles. The lowest BCUT2D eigenvalue weighted by Gasteiger charge is -2.17. The molecule has 0 saturated carbocycles. The third kappa shape index (κ3) is 4.49. The molecular formula is C13H16BrNO3. The molecule has 0 saturated heterocycles. The highest BCUT2D eigenvalue weighted by Gasteiger charge is 2.16. The van der Waals surface area contributed by atoms with Crippen molar-refractivity contribution >= 4 is 33.5 Å². The first-order chi connectivity index (χ1) is 8.19. The van der Waals surface area contributed by atoms with Gasteiger partial charge in [0.15, 0.2) is 0 Å². The number of anilines is 1. The normalized spacial score (nSPS) is 11.1. The molecular weight excluding hydrogens is 298 g/mol. The summed E-state index contributed by atoms with van der Waals surface area (Å²) in [6.45, 7) is 5.91. The monoisotopic (exact) mass is 313 g/mol. The molecule has 0 aliphatic rings. The first-order valence-electron chi connectivity index (χ1n) is 5.52. The number of benzene rings is 1. The lowest BCUT2D eigenvalue weighted by molar-refractivity contribution is -0.117. The van der Waals surface area contributed by atoms with E-state index in [1.165, 1.54) is 6.07 Å². The van der Waals surface area contributed by atoms with E-state index in [1.807, 2.05) is 20.8 Å². The molecule has 1 rings (SSSR count). The Balaban J connectivity index is 2.83. The number of aromatic carboxylic acids is 1. The fourth-order valence-corrected chi connectivity index (χ4v) is 1.87. The quantitative estimate of drug-likeness (QED) is 0.897. The van der Waals surface area contributed by atoms with E-state index >= 15 is 0 Å². The second-order valence-electron chi connectivity index (χ2n) is 5.29. The number of hydrogen-bond acceptors (Lipinski definition) is 2. The highest BCUT2D eigenvalue weighted by molar-refractivity contribution is 9.10. The van der Waals surface area contributed by atoms with Crippen LogP contribution in [0.15, 0.2) is 22.7 Å². The Morgan fingerprint density at radius 3 is 2.44 bits per heavy atom. The summed E-state index contributed by atoms with van der Waals surface area (Å²) in [6.07, 6.45) is 0.380.